The third-order valence-electron chi connectivity index (χ3n) is 2.48. The number of imidazole rings is 1. The fourth-order valence-electron chi connectivity index (χ4n) is 1.90. The van der Waals surface area contributed by atoms with Crippen molar-refractivity contribution >= 4 is 11.5 Å². The van der Waals surface area contributed by atoms with Crippen molar-refractivity contribution < 1.29 is 4.74 Å². The van der Waals surface area contributed by atoms with E-state index in [1.165, 1.54) is 0 Å². The Labute approximate surface area is 101 Å². The number of hydrogen-bond donors (Lipinski definition) is 1. The van der Waals surface area contributed by atoms with Gasteiger partial charge in [-0.1, -0.05) is 13.8 Å². The van der Waals surface area contributed by atoms with Gasteiger partial charge in [0, 0.05) is 12.4 Å². The number of nitrogens with zero attached hydrogens (tertiary/aromatic N) is 3. The lowest BCUT2D eigenvalue weighted by atomic mass is 10.1. The Bertz CT molecular complexity index is 506. The van der Waals surface area contributed by atoms with Crippen LogP contribution in [0.4, 0.5) is 5.82 Å². The number of hydrogen-bond acceptors (Lipinski definition) is 4. The van der Waals surface area contributed by atoms with Crippen molar-refractivity contribution in [3.05, 3.63) is 18.6 Å². The number of nitrogens with two attached hydrogens (primary N) is 1. The van der Waals surface area contributed by atoms with Gasteiger partial charge in [0.15, 0.2) is 0 Å². The van der Waals surface area contributed by atoms with Gasteiger partial charge in [-0.3, -0.25) is 4.40 Å². The van der Waals surface area contributed by atoms with Gasteiger partial charge >= 0.3 is 0 Å². The van der Waals surface area contributed by atoms with Crippen LogP contribution in [0.2, 0.25) is 0 Å². The van der Waals surface area contributed by atoms with Crippen LogP contribution >= 0.6 is 0 Å². The Morgan fingerprint density at radius 3 is 2.88 bits per heavy atom. The molecule has 2 aromatic rings. The van der Waals surface area contributed by atoms with E-state index in [0.29, 0.717) is 23.3 Å². The molecule has 17 heavy (non-hydrogen) atoms. The molecule has 0 bridgehead atoms. The number of anilines is 1. The lowest BCUT2D eigenvalue weighted by molar-refractivity contribution is 0.187. The van der Waals surface area contributed by atoms with Crippen LogP contribution in [-0.2, 0) is 0 Å². The molecule has 0 spiro atoms. The molecular weight excluding hydrogens is 216 g/mol. The monoisotopic (exact) mass is 234 g/mol. The van der Waals surface area contributed by atoms with Gasteiger partial charge in [0.25, 0.3) is 5.88 Å². The second-order valence-corrected chi connectivity index (χ2v) is 4.69. The Hall–Kier alpha value is -1.78. The molecule has 2 heterocycles. The number of rotatable bonds is 4. The largest absolute Gasteiger partial charge is 0.472 e. The van der Waals surface area contributed by atoms with Crippen molar-refractivity contribution in [3.63, 3.8) is 0 Å². The molecule has 0 aliphatic rings. The first-order valence-electron chi connectivity index (χ1n) is 5.82. The molecule has 0 aliphatic carbocycles. The summed E-state index contributed by atoms with van der Waals surface area (Å²) in [5.41, 5.74) is 6.42. The van der Waals surface area contributed by atoms with Crippen LogP contribution in [0.5, 0.6) is 5.88 Å². The van der Waals surface area contributed by atoms with E-state index in [-0.39, 0.29) is 6.10 Å². The average Bonchev–Trinajstić information content (AvgIpc) is 2.63. The lowest BCUT2D eigenvalue weighted by Gasteiger charge is -2.16. The summed E-state index contributed by atoms with van der Waals surface area (Å²) in [4.78, 5) is 8.40. The highest BCUT2D eigenvalue weighted by Gasteiger charge is 2.12. The van der Waals surface area contributed by atoms with E-state index in [2.05, 4.69) is 23.8 Å². The van der Waals surface area contributed by atoms with Crippen molar-refractivity contribution in [2.45, 2.75) is 33.3 Å². The predicted molar refractivity (Wildman–Crippen MR) is 66.9 cm³/mol. The van der Waals surface area contributed by atoms with Gasteiger partial charge in [0.1, 0.15) is 5.82 Å². The first-order valence-corrected chi connectivity index (χ1v) is 5.82. The lowest BCUT2D eigenvalue weighted by Crippen LogP contribution is -2.16. The zero-order valence-electron chi connectivity index (χ0n) is 10.4. The first-order chi connectivity index (χ1) is 8.06. The molecule has 0 aliphatic heterocycles. The van der Waals surface area contributed by atoms with Crippen LogP contribution in [0, 0.1) is 5.92 Å². The van der Waals surface area contributed by atoms with Crippen molar-refractivity contribution in [1.82, 2.24) is 14.4 Å². The predicted octanol–water partition coefficient (Wildman–Crippen LogP) is 2.12. The summed E-state index contributed by atoms with van der Waals surface area (Å²) in [6.07, 6.45) is 6.33. The van der Waals surface area contributed by atoms with Gasteiger partial charge < -0.3 is 10.5 Å². The summed E-state index contributed by atoms with van der Waals surface area (Å²) in [6.45, 7) is 6.36. The van der Waals surface area contributed by atoms with Crippen molar-refractivity contribution in [3.8, 4) is 5.88 Å². The second kappa shape index (κ2) is 4.61. The summed E-state index contributed by atoms with van der Waals surface area (Å²) < 4.78 is 7.62. The molecular formula is C12H18N4O. The van der Waals surface area contributed by atoms with Crippen LogP contribution in [0.1, 0.15) is 27.2 Å². The van der Waals surface area contributed by atoms with E-state index in [4.69, 9.17) is 10.5 Å². The summed E-state index contributed by atoms with van der Waals surface area (Å²) >= 11 is 0. The van der Waals surface area contributed by atoms with Gasteiger partial charge in [-0.15, -0.1) is 0 Å². The average molecular weight is 234 g/mol. The van der Waals surface area contributed by atoms with E-state index in [1.807, 2.05) is 17.5 Å². The molecule has 0 fully saturated rings. The molecule has 5 nitrogen and oxygen atoms in total. The standard InChI is InChI=1S/C12H18N4O/c1-8(2)6-9(3)17-12-11-14-4-5-16(11)7-10(13)15-12/h4-5,7-9H,6,13H2,1-3H3. The molecule has 2 rings (SSSR count). The highest BCUT2D eigenvalue weighted by Crippen LogP contribution is 2.20. The van der Waals surface area contributed by atoms with Crippen LogP contribution in [0.25, 0.3) is 5.65 Å². The SMILES string of the molecule is CC(C)CC(C)Oc1nc(N)cn2ccnc12. The number of fused-ring (bicyclic) bond motifs is 1. The van der Waals surface area contributed by atoms with Crippen LogP contribution < -0.4 is 10.5 Å². The van der Waals surface area contributed by atoms with Crippen LogP contribution in [-0.4, -0.2) is 20.5 Å². The molecule has 2 N–H and O–H groups in total. The summed E-state index contributed by atoms with van der Waals surface area (Å²) in [7, 11) is 0. The molecule has 0 aromatic carbocycles. The molecule has 2 aromatic heterocycles. The Morgan fingerprint density at radius 1 is 1.41 bits per heavy atom. The van der Waals surface area contributed by atoms with E-state index >= 15 is 0 Å². The van der Waals surface area contributed by atoms with Crippen LogP contribution in [0.3, 0.4) is 0 Å². The number of ether oxygens (including phenoxy) is 1. The van der Waals surface area contributed by atoms with Gasteiger partial charge in [-0.25, -0.2) is 4.98 Å². The maximum absolute atomic E-state index is 5.80. The van der Waals surface area contributed by atoms with Gasteiger partial charge in [-0.05, 0) is 19.3 Å². The maximum atomic E-state index is 5.80. The summed E-state index contributed by atoms with van der Waals surface area (Å²) in [5, 5.41) is 0. The highest BCUT2D eigenvalue weighted by molar-refractivity contribution is 5.52. The first kappa shape index (κ1) is 11.7. The fraction of sp³-hybridized carbons (Fsp3) is 0.500. The number of aromatic nitrogens is 3. The van der Waals surface area contributed by atoms with Gasteiger partial charge in [-0.2, -0.15) is 4.98 Å². The zero-order chi connectivity index (χ0) is 12.4. The summed E-state index contributed by atoms with van der Waals surface area (Å²) in [6, 6.07) is 0. The molecule has 0 amide bonds. The molecule has 0 radical (unpaired) electrons. The van der Waals surface area contributed by atoms with E-state index in [0.717, 1.165) is 6.42 Å². The minimum atomic E-state index is 0.102. The maximum Gasteiger partial charge on any atom is 0.260 e. The minimum absolute atomic E-state index is 0.102. The van der Waals surface area contributed by atoms with Crippen LogP contribution in [0.15, 0.2) is 18.6 Å². The second-order valence-electron chi connectivity index (χ2n) is 4.69. The quantitative estimate of drug-likeness (QED) is 0.880. The molecule has 0 saturated heterocycles. The number of nitrogen functional groups attached to an aromatic ring is 1. The van der Waals surface area contributed by atoms with Gasteiger partial charge in [0.05, 0.1) is 12.3 Å². The Balaban J connectivity index is 2.25. The molecule has 5 heteroatoms. The summed E-state index contributed by atoms with van der Waals surface area (Å²) in [5.74, 6) is 1.52. The van der Waals surface area contributed by atoms with Crippen molar-refractivity contribution in [2.24, 2.45) is 5.92 Å². The molecule has 1 unspecified atom stereocenters. The van der Waals surface area contributed by atoms with Crippen molar-refractivity contribution in [2.75, 3.05) is 5.73 Å². The van der Waals surface area contributed by atoms with E-state index < -0.39 is 0 Å². The third kappa shape index (κ3) is 2.67. The van der Waals surface area contributed by atoms with Gasteiger partial charge in [0.2, 0.25) is 5.65 Å². The minimum Gasteiger partial charge on any atom is -0.472 e. The van der Waals surface area contributed by atoms with E-state index in [1.54, 1.807) is 12.4 Å². The molecule has 92 valence electrons. The molecule has 1 atom stereocenters. The zero-order valence-corrected chi connectivity index (χ0v) is 10.4. The smallest absolute Gasteiger partial charge is 0.260 e. The topological polar surface area (TPSA) is 65.4 Å². The Kier molecular flexibility index (Phi) is 3.17. The normalized spacial score (nSPS) is 13.2. The Morgan fingerprint density at radius 2 is 2.18 bits per heavy atom. The molecule has 0 saturated carbocycles. The van der Waals surface area contributed by atoms with Crippen molar-refractivity contribution in [1.29, 1.82) is 0 Å². The third-order valence-corrected chi connectivity index (χ3v) is 2.48. The fourth-order valence-corrected chi connectivity index (χ4v) is 1.90. The highest BCUT2D eigenvalue weighted by atomic mass is 16.5. The van der Waals surface area contributed by atoms with E-state index in [9.17, 15) is 0 Å².